The largest absolute Gasteiger partial charge is 0.465 e. The van der Waals surface area contributed by atoms with Crippen LogP contribution in [-0.4, -0.2) is 22.5 Å². The van der Waals surface area contributed by atoms with E-state index < -0.39 is 0 Å². The lowest BCUT2D eigenvalue weighted by molar-refractivity contribution is 0.0600. The van der Waals surface area contributed by atoms with Gasteiger partial charge in [0.2, 0.25) is 0 Å². The van der Waals surface area contributed by atoms with E-state index in [1.54, 1.807) is 18.3 Å². The summed E-state index contributed by atoms with van der Waals surface area (Å²) in [6, 6.07) is 11.1. The van der Waals surface area contributed by atoms with Crippen LogP contribution in [0.1, 0.15) is 21.6 Å². The summed E-state index contributed by atoms with van der Waals surface area (Å²) in [5.74, 6) is -0.367. The van der Waals surface area contributed by atoms with Gasteiger partial charge in [-0.1, -0.05) is 29.8 Å². The van der Waals surface area contributed by atoms with Gasteiger partial charge in [0.25, 0.3) is 0 Å². The van der Waals surface area contributed by atoms with Gasteiger partial charge in [-0.15, -0.1) is 0 Å². The second-order valence-electron chi connectivity index (χ2n) is 4.67. The van der Waals surface area contributed by atoms with Crippen molar-refractivity contribution >= 4 is 23.2 Å². The maximum atomic E-state index is 11.5. The quantitative estimate of drug-likeness (QED) is 0.697. The van der Waals surface area contributed by atoms with Crippen molar-refractivity contribution in [2.75, 3.05) is 7.11 Å². The molecule has 4 nitrogen and oxygen atoms in total. The number of hydrogen-bond acceptors (Lipinski definition) is 3. The molecule has 0 saturated heterocycles. The summed E-state index contributed by atoms with van der Waals surface area (Å²) in [4.78, 5) is 16.0. The number of hydrogen-bond donors (Lipinski definition) is 0. The van der Waals surface area contributed by atoms with E-state index >= 15 is 0 Å². The molecule has 5 heteroatoms. The first-order valence-corrected chi connectivity index (χ1v) is 6.84. The third-order valence-electron chi connectivity index (χ3n) is 3.26. The Morgan fingerprint density at radius 3 is 2.90 bits per heavy atom. The van der Waals surface area contributed by atoms with Crippen molar-refractivity contribution in [3.05, 3.63) is 70.6 Å². The highest BCUT2D eigenvalue weighted by molar-refractivity contribution is 6.31. The Labute approximate surface area is 126 Å². The number of rotatable bonds is 3. The van der Waals surface area contributed by atoms with Crippen molar-refractivity contribution in [2.45, 2.75) is 6.42 Å². The molecule has 3 aromatic rings. The molecule has 0 amide bonds. The monoisotopic (exact) mass is 300 g/mol. The zero-order valence-corrected chi connectivity index (χ0v) is 12.2. The van der Waals surface area contributed by atoms with E-state index in [0.717, 1.165) is 16.3 Å². The zero-order chi connectivity index (χ0) is 14.8. The maximum Gasteiger partial charge on any atom is 0.338 e. The minimum Gasteiger partial charge on any atom is -0.465 e. The fourth-order valence-electron chi connectivity index (χ4n) is 2.20. The number of carbonyl (C=O) groups is 1. The van der Waals surface area contributed by atoms with E-state index in [4.69, 9.17) is 16.3 Å². The molecule has 0 unspecified atom stereocenters. The van der Waals surface area contributed by atoms with Crippen molar-refractivity contribution in [2.24, 2.45) is 0 Å². The minimum absolute atomic E-state index is 0.367. The molecular formula is C16H13ClN2O2. The highest BCUT2D eigenvalue weighted by Gasteiger charge is 2.09. The second kappa shape index (κ2) is 5.58. The van der Waals surface area contributed by atoms with Crippen molar-refractivity contribution in [3.8, 4) is 0 Å². The average molecular weight is 301 g/mol. The van der Waals surface area contributed by atoms with Gasteiger partial charge in [-0.05, 0) is 23.8 Å². The summed E-state index contributed by atoms with van der Waals surface area (Å²) in [7, 11) is 1.36. The van der Waals surface area contributed by atoms with Gasteiger partial charge in [0.1, 0.15) is 5.65 Å². The summed E-state index contributed by atoms with van der Waals surface area (Å²) < 4.78 is 6.58. The maximum absolute atomic E-state index is 11.5. The summed E-state index contributed by atoms with van der Waals surface area (Å²) in [5.41, 5.74) is 3.11. The lowest BCUT2D eigenvalue weighted by Crippen LogP contribution is -2.01. The number of fused-ring (bicyclic) bond motifs is 1. The first-order valence-electron chi connectivity index (χ1n) is 6.47. The highest BCUT2D eigenvalue weighted by atomic mass is 35.5. The summed E-state index contributed by atoms with van der Waals surface area (Å²) in [6.45, 7) is 0. The molecule has 3 rings (SSSR count). The Balaban J connectivity index is 1.94. The Bertz CT molecular complexity index is 811. The number of imidazole rings is 1. The number of esters is 1. The van der Waals surface area contributed by atoms with Gasteiger partial charge in [-0.25, -0.2) is 9.78 Å². The van der Waals surface area contributed by atoms with E-state index in [1.807, 2.05) is 34.9 Å². The highest BCUT2D eigenvalue weighted by Crippen LogP contribution is 2.19. The molecule has 2 heterocycles. The molecule has 0 spiro atoms. The molecule has 0 radical (unpaired) electrons. The van der Waals surface area contributed by atoms with Crippen LogP contribution in [0.2, 0.25) is 5.02 Å². The molecule has 0 aliphatic heterocycles. The van der Waals surface area contributed by atoms with Crippen LogP contribution in [-0.2, 0) is 11.2 Å². The van der Waals surface area contributed by atoms with Gasteiger partial charge < -0.3 is 9.14 Å². The molecule has 0 aliphatic carbocycles. The molecule has 21 heavy (non-hydrogen) atoms. The standard InChI is InChI=1S/C16H13ClN2O2/c1-21-16(20)12-6-7-19-10-13(18-15(19)9-12)8-11-4-2-3-5-14(11)17/h2-7,9-10H,8H2,1H3. The Morgan fingerprint density at radius 2 is 2.14 bits per heavy atom. The predicted octanol–water partition coefficient (Wildman–Crippen LogP) is 3.37. The van der Waals surface area contributed by atoms with Crippen molar-refractivity contribution in [1.29, 1.82) is 0 Å². The van der Waals surface area contributed by atoms with Crippen LogP contribution in [0, 0.1) is 0 Å². The van der Waals surface area contributed by atoms with Crippen LogP contribution in [0.3, 0.4) is 0 Å². The van der Waals surface area contributed by atoms with E-state index in [1.165, 1.54) is 7.11 Å². The molecule has 1 aromatic carbocycles. The summed E-state index contributed by atoms with van der Waals surface area (Å²) in [6.07, 6.45) is 4.37. The van der Waals surface area contributed by atoms with Crippen molar-refractivity contribution < 1.29 is 9.53 Å². The van der Waals surface area contributed by atoms with Gasteiger partial charge in [0.15, 0.2) is 0 Å². The fourth-order valence-corrected chi connectivity index (χ4v) is 2.40. The molecule has 0 N–H and O–H groups in total. The van der Waals surface area contributed by atoms with Gasteiger partial charge in [0, 0.05) is 23.8 Å². The average Bonchev–Trinajstić information content (AvgIpc) is 2.90. The predicted molar refractivity (Wildman–Crippen MR) is 80.8 cm³/mol. The van der Waals surface area contributed by atoms with Crippen LogP contribution >= 0.6 is 11.6 Å². The van der Waals surface area contributed by atoms with Crippen molar-refractivity contribution in [1.82, 2.24) is 9.38 Å². The normalized spacial score (nSPS) is 10.8. The number of aromatic nitrogens is 2. The Kier molecular flexibility index (Phi) is 3.62. The number of methoxy groups -OCH3 is 1. The first kappa shape index (κ1) is 13.6. The molecule has 0 fully saturated rings. The van der Waals surface area contributed by atoms with Crippen LogP contribution < -0.4 is 0 Å². The smallest absolute Gasteiger partial charge is 0.338 e. The van der Waals surface area contributed by atoms with E-state index in [2.05, 4.69) is 4.98 Å². The van der Waals surface area contributed by atoms with Crippen LogP contribution in [0.15, 0.2) is 48.8 Å². The van der Waals surface area contributed by atoms with Crippen LogP contribution in [0.5, 0.6) is 0 Å². The van der Waals surface area contributed by atoms with E-state index in [0.29, 0.717) is 17.6 Å². The number of nitrogens with zero attached hydrogens (tertiary/aromatic N) is 2. The zero-order valence-electron chi connectivity index (χ0n) is 11.4. The third-order valence-corrected chi connectivity index (χ3v) is 3.63. The second-order valence-corrected chi connectivity index (χ2v) is 5.08. The fraction of sp³-hybridized carbons (Fsp3) is 0.125. The van der Waals surface area contributed by atoms with Gasteiger partial charge in [0.05, 0.1) is 18.4 Å². The number of ether oxygens (including phenoxy) is 1. The molecule has 106 valence electrons. The Hall–Kier alpha value is -2.33. The number of halogens is 1. The first-order chi connectivity index (χ1) is 10.2. The molecular weight excluding hydrogens is 288 g/mol. The lowest BCUT2D eigenvalue weighted by Gasteiger charge is -2.00. The molecule has 2 aromatic heterocycles. The van der Waals surface area contributed by atoms with E-state index in [-0.39, 0.29) is 5.97 Å². The molecule has 0 saturated carbocycles. The summed E-state index contributed by atoms with van der Waals surface area (Å²) in [5, 5.41) is 0.727. The third kappa shape index (κ3) is 2.76. The topological polar surface area (TPSA) is 43.6 Å². The number of carbonyl (C=O) groups excluding carboxylic acids is 1. The van der Waals surface area contributed by atoms with Crippen LogP contribution in [0.25, 0.3) is 5.65 Å². The summed E-state index contributed by atoms with van der Waals surface area (Å²) >= 11 is 6.16. The number of benzene rings is 1. The lowest BCUT2D eigenvalue weighted by atomic mass is 10.1. The molecule has 0 atom stereocenters. The van der Waals surface area contributed by atoms with Crippen LogP contribution in [0.4, 0.5) is 0 Å². The van der Waals surface area contributed by atoms with Gasteiger partial charge in [-0.2, -0.15) is 0 Å². The van der Waals surface area contributed by atoms with Crippen molar-refractivity contribution in [3.63, 3.8) is 0 Å². The van der Waals surface area contributed by atoms with E-state index in [9.17, 15) is 4.79 Å². The number of pyridine rings is 1. The molecule has 0 bridgehead atoms. The Morgan fingerprint density at radius 1 is 1.33 bits per heavy atom. The van der Waals surface area contributed by atoms with Gasteiger partial charge >= 0.3 is 5.97 Å². The minimum atomic E-state index is -0.367. The van der Waals surface area contributed by atoms with Gasteiger partial charge in [-0.3, -0.25) is 0 Å². The molecule has 0 aliphatic rings. The SMILES string of the molecule is COC(=O)c1ccn2cc(Cc3ccccc3Cl)nc2c1.